The molecule has 2 aromatic carbocycles. The Morgan fingerprint density at radius 2 is 1.87 bits per heavy atom. The lowest BCUT2D eigenvalue weighted by Crippen LogP contribution is -1.96. The molecule has 8 heteroatoms. The van der Waals surface area contributed by atoms with Crippen molar-refractivity contribution in [2.75, 3.05) is 0 Å². The van der Waals surface area contributed by atoms with E-state index in [1.54, 1.807) is 30.5 Å². The Bertz CT molecular complexity index is 946. The highest BCUT2D eigenvalue weighted by Gasteiger charge is 2.11. The third-order valence-electron chi connectivity index (χ3n) is 3.04. The van der Waals surface area contributed by atoms with Gasteiger partial charge in [-0.25, -0.2) is 5.10 Å². The van der Waals surface area contributed by atoms with Gasteiger partial charge in [0.05, 0.1) is 16.3 Å². The monoisotopic (exact) mass is 382 g/mol. The number of H-pyrrole nitrogens is 1. The fraction of sp³-hybridized carbons (Fsp3) is 0. The summed E-state index contributed by atoms with van der Waals surface area (Å²) in [4.78, 5) is 0. The highest BCUT2D eigenvalue weighted by atomic mass is 35.5. The van der Waals surface area contributed by atoms with E-state index in [2.05, 4.69) is 15.3 Å². The molecule has 0 amide bonds. The number of hydrogen-bond acceptors (Lipinski definition) is 3. The SMILES string of the molecule is S=c1[nH]nc(-c2ccccc2Cl)n1/N=C\c1ccc(Cl)cc1Cl. The molecule has 3 rings (SSSR count). The molecule has 1 heterocycles. The minimum atomic E-state index is 0.348. The first-order chi connectivity index (χ1) is 11.1. The first-order valence-corrected chi connectivity index (χ1v) is 8.02. The Hall–Kier alpha value is -1.66. The maximum Gasteiger partial charge on any atom is 0.216 e. The largest absolute Gasteiger partial charge is 0.250 e. The first-order valence-electron chi connectivity index (χ1n) is 6.48. The van der Waals surface area contributed by atoms with E-state index in [9.17, 15) is 0 Å². The molecule has 1 aromatic heterocycles. The Balaban J connectivity index is 2.04. The lowest BCUT2D eigenvalue weighted by Gasteiger charge is -2.03. The number of halogens is 3. The van der Waals surface area contributed by atoms with E-state index in [1.165, 1.54) is 4.68 Å². The van der Waals surface area contributed by atoms with Crippen LogP contribution in [-0.2, 0) is 0 Å². The third-order valence-corrected chi connectivity index (χ3v) is 4.20. The van der Waals surface area contributed by atoms with Crippen molar-refractivity contribution >= 4 is 53.2 Å². The summed E-state index contributed by atoms with van der Waals surface area (Å²) in [6.07, 6.45) is 1.59. The van der Waals surface area contributed by atoms with Gasteiger partial charge in [0, 0.05) is 16.1 Å². The van der Waals surface area contributed by atoms with Gasteiger partial charge in [-0.2, -0.15) is 14.9 Å². The van der Waals surface area contributed by atoms with Crippen molar-refractivity contribution in [3.05, 3.63) is 67.9 Å². The highest BCUT2D eigenvalue weighted by Crippen LogP contribution is 2.26. The second kappa shape index (κ2) is 6.84. The zero-order chi connectivity index (χ0) is 16.4. The van der Waals surface area contributed by atoms with Crippen LogP contribution in [0.4, 0.5) is 0 Å². The van der Waals surface area contributed by atoms with Crippen LogP contribution in [0, 0.1) is 4.77 Å². The Morgan fingerprint density at radius 3 is 2.61 bits per heavy atom. The van der Waals surface area contributed by atoms with E-state index in [-0.39, 0.29) is 0 Å². The van der Waals surface area contributed by atoms with E-state index in [0.717, 1.165) is 5.56 Å². The highest BCUT2D eigenvalue weighted by molar-refractivity contribution is 7.71. The molecule has 1 N–H and O–H groups in total. The molecule has 0 atom stereocenters. The summed E-state index contributed by atoms with van der Waals surface area (Å²) in [5.74, 6) is 0.516. The summed E-state index contributed by atoms with van der Waals surface area (Å²) in [7, 11) is 0. The minimum absolute atomic E-state index is 0.348. The summed E-state index contributed by atoms with van der Waals surface area (Å²) in [6, 6.07) is 12.5. The quantitative estimate of drug-likeness (QED) is 0.483. The van der Waals surface area contributed by atoms with Gasteiger partial charge < -0.3 is 0 Å². The van der Waals surface area contributed by atoms with Crippen LogP contribution >= 0.6 is 47.0 Å². The number of nitrogens with one attached hydrogen (secondary N) is 1. The molecule has 0 aliphatic rings. The van der Waals surface area contributed by atoms with Gasteiger partial charge in [0.15, 0.2) is 5.82 Å². The van der Waals surface area contributed by atoms with E-state index in [0.29, 0.717) is 31.2 Å². The van der Waals surface area contributed by atoms with Crippen LogP contribution in [0.15, 0.2) is 47.6 Å². The zero-order valence-corrected chi connectivity index (χ0v) is 14.6. The fourth-order valence-corrected chi connectivity index (χ4v) is 2.80. The summed E-state index contributed by atoms with van der Waals surface area (Å²) in [5.41, 5.74) is 1.44. The standard InChI is InChI=1S/C15H9Cl3N4S/c16-10-6-5-9(13(18)7-10)8-19-22-14(20-21-15(22)23)11-3-1-2-4-12(11)17/h1-8H,(H,21,23)/b19-8-. The van der Waals surface area contributed by atoms with E-state index in [4.69, 9.17) is 47.0 Å². The molecule has 0 saturated carbocycles. The lowest BCUT2D eigenvalue weighted by atomic mass is 10.2. The number of benzene rings is 2. The molecule has 0 bridgehead atoms. The van der Waals surface area contributed by atoms with Crippen LogP contribution < -0.4 is 0 Å². The second-order valence-corrected chi connectivity index (χ2v) is 6.19. The molecule has 3 aromatic rings. The predicted octanol–water partition coefficient (Wildman–Crippen LogP) is 5.45. The second-order valence-electron chi connectivity index (χ2n) is 4.55. The number of nitrogens with zero attached hydrogens (tertiary/aromatic N) is 3. The normalized spacial score (nSPS) is 11.3. The molecule has 0 spiro atoms. The molecular weight excluding hydrogens is 375 g/mol. The molecule has 0 aliphatic heterocycles. The number of aromatic amines is 1. The average molecular weight is 384 g/mol. The topological polar surface area (TPSA) is 46.0 Å². The summed E-state index contributed by atoms with van der Waals surface area (Å²) < 4.78 is 1.84. The molecular formula is C15H9Cl3N4S. The van der Waals surface area contributed by atoms with Crippen molar-refractivity contribution in [3.63, 3.8) is 0 Å². The Kier molecular flexibility index (Phi) is 4.82. The molecule has 0 radical (unpaired) electrons. The zero-order valence-electron chi connectivity index (χ0n) is 11.5. The maximum absolute atomic E-state index is 6.21. The number of rotatable bonds is 3. The predicted molar refractivity (Wildman–Crippen MR) is 97.3 cm³/mol. The Morgan fingerprint density at radius 1 is 1.09 bits per heavy atom. The van der Waals surface area contributed by atoms with Crippen LogP contribution in [0.25, 0.3) is 11.4 Å². The van der Waals surface area contributed by atoms with Crippen molar-refractivity contribution in [2.45, 2.75) is 0 Å². The molecule has 0 aliphatic carbocycles. The first kappa shape index (κ1) is 16.2. The summed E-state index contributed by atoms with van der Waals surface area (Å²) in [6.45, 7) is 0. The Labute approximate surface area is 152 Å². The van der Waals surface area contributed by atoms with Gasteiger partial charge in [-0.15, -0.1) is 0 Å². The molecule has 0 saturated heterocycles. The lowest BCUT2D eigenvalue weighted by molar-refractivity contribution is 0.871. The third kappa shape index (κ3) is 3.48. The summed E-state index contributed by atoms with van der Waals surface area (Å²) in [5, 5.41) is 12.9. The van der Waals surface area contributed by atoms with Crippen LogP contribution in [0.2, 0.25) is 15.1 Å². The molecule has 23 heavy (non-hydrogen) atoms. The van der Waals surface area contributed by atoms with Gasteiger partial charge in [0.25, 0.3) is 0 Å². The minimum Gasteiger partial charge on any atom is -0.250 e. The van der Waals surface area contributed by atoms with Gasteiger partial charge in [-0.05, 0) is 36.5 Å². The van der Waals surface area contributed by atoms with Gasteiger partial charge in [-0.3, -0.25) is 0 Å². The fourth-order valence-electron chi connectivity index (χ4n) is 1.94. The number of hydrogen-bond donors (Lipinski definition) is 1. The number of aromatic nitrogens is 3. The van der Waals surface area contributed by atoms with E-state index >= 15 is 0 Å². The van der Waals surface area contributed by atoms with Gasteiger partial charge in [0.2, 0.25) is 4.77 Å². The van der Waals surface area contributed by atoms with Gasteiger partial charge in [-0.1, -0.05) is 53.0 Å². The van der Waals surface area contributed by atoms with Gasteiger partial charge in [0.1, 0.15) is 0 Å². The van der Waals surface area contributed by atoms with Crippen LogP contribution in [-0.4, -0.2) is 21.1 Å². The van der Waals surface area contributed by atoms with Crippen LogP contribution in [0.5, 0.6) is 0 Å². The molecule has 4 nitrogen and oxygen atoms in total. The van der Waals surface area contributed by atoms with Crippen molar-refractivity contribution in [2.24, 2.45) is 5.10 Å². The maximum atomic E-state index is 6.21. The van der Waals surface area contributed by atoms with Crippen molar-refractivity contribution in [1.29, 1.82) is 0 Å². The van der Waals surface area contributed by atoms with E-state index < -0.39 is 0 Å². The van der Waals surface area contributed by atoms with Gasteiger partial charge >= 0.3 is 0 Å². The van der Waals surface area contributed by atoms with Crippen LogP contribution in [0.3, 0.4) is 0 Å². The average Bonchev–Trinajstić information content (AvgIpc) is 2.88. The molecule has 0 unspecified atom stereocenters. The van der Waals surface area contributed by atoms with Crippen molar-refractivity contribution in [1.82, 2.24) is 14.9 Å². The van der Waals surface area contributed by atoms with Crippen LogP contribution in [0.1, 0.15) is 5.56 Å². The van der Waals surface area contributed by atoms with Crippen molar-refractivity contribution in [3.8, 4) is 11.4 Å². The van der Waals surface area contributed by atoms with E-state index in [1.807, 2.05) is 18.2 Å². The summed E-state index contributed by atoms with van der Waals surface area (Å²) >= 11 is 23.5. The molecule has 0 fully saturated rings. The molecule has 116 valence electrons. The smallest absolute Gasteiger partial charge is 0.216 e. The van der Waals surface area contributed by atoms with Crippen molar-refractivity contribution < 1.29 is 0 Å².